The summed E-state index contributed by atoms with van der Waals surface area (Å²) in [5, 5.41) is 3.36. The second-order valence-corrected chi connectivity index (χ2v) is 4.93. The molecule has 0 aliphatic heterocycles. The first-order chi connectivity index (χ1) is 8.71. The molecule has 0 saturated heterocycles. The summed E-state index contributed by atoms with van der Waals surface area (Å²) in [7, 11) is 2.18. The molecule has 3 nitrogen and oxygen atoms in total. The summed E-state index contributed by atoms with van der Waals surface area (Å²) in [5.41, 5.74) is 0. The third kappa shape index (κ3) is 4.83. The highest BCUT2D eigenvalue weighted by atomic mass is 16.3. The van der Waals surface area contributed by atoms with E-state index in [-0.39, 0.29) is 0 Å². The van der Waals surface area contributed by atoms with Crippen molar-refractivity contribution in [1.82, 2.24) is 10.2 Å². The minimum Gasteiger partial charge on any atom is -0.463 e. The lowest BCUT2D eigenvalue weighted by Gasteiger charge is -2.24. The Morgan fingerprint density at radius 2 is 1.83 bits per heavy atom. The predicted octanol–water partition coefficient (Wildman–Crippen LogP) is 3.40. The molecule has 1 aromatic rings. The molecule has 18 heavy (non-hydrogen) atoms. The van der Waals surface area contributed by atoms with Gasteiger partial charge in [-0.15, -0.1) is 0 Å². The fraction of sp³-hybridized carbons (Fsp3) is 0.733. The van der Waals surface area contributed by atoms with E-state index in [0.29, 0.717) is 6.04 Å². The van der Waals surface area contributed by atoms with Crippen LogP contribution in [0.15, 0.2) is 16.5 Å². The van der Waals surface area contributed by atoms with Crippen LogP contribution in [0.3, 0.4) is 0 Å². The second-order valence-electron chi connectivity index (χ2n) is 4.93. The van der Waals surface area contributed by atoms with Crippen LogP contribution in [0.2, 0.25) is 0 Å². The largest absolute Gasteiger partial charge is 0.463 e. The third-order valence-electron chi connectivity index (χ3n) is 3.41. The summed E-state index contributed by atoms with van der Waals surface area (Å²) in [6.45, 7) is 9.44. The molecule has 3 heteroatoms. The van der Waals surface area contributed by atoms with Gasteiger partial charge in [0, 0.05) is 6.04 Å². The van der Waals surface area contributed by atoms with Crippen LogP contribution in [0, 0.1) is 0 Å². The van der Waals surface area contributed by atoms with Crippen LogP contribution in [0.1, 0.15) is 51.6 Å². The van der Waals surface area contributed by atoms with Gasteiger partial charge < -0.3 is 9.73 Å². The van der Waals surface area contributed by atoms with Crippen molar-refractivity contribution in [3.05, 3.63) is 23.7 Å². The van der Waals surface area contributed by atoms with Gasteiger partial charge >= 0.3 is 0 Å². The topological polar surface area (TPSA) is 28.4 Å². The fourth-order valence-corrected chi connectivity index (χ4v) is 2.28. The van der Waals surface area contributed by atoms with E-state index in [1.807, 2.05) is 0 Å². The van der Waals surface area contributed by atoms with Crippen LogP contribution in [0.4, 0.5) is 0 Å². The number of nitrogens with zero attached hydrogens (tertiary/aromatic N) is 1. The number of rotatable bonds is 9. The third-order valence-corrected chi connectivity index (χ3v) is 3.41. The summed E-state index contributed by atoms with van der Waals surface area (Å²) in [4.78, 5) is 2.38. The normalized spacial score (nSPS) is 11.7. The maximum Gasteiger partial charge on any atom is 0.118 e. The Morgan fingerprint density at radius 1 is 1.17 bits per heavy atom. The Labute approximate surface area is 112 Å². The number of hydrogen-bond acceptors (Lipinski definition) is 3. The first-order valence-corrected chi connectivity index (χ1v) is 7.19. The monoisotopic (exact) mass is 252 g/mol. The van der Waals surface area contributed by atoms with E-state index in [0.717, 1.165) is 37.6 Å². The van der Waals surface area contributed by atoms with Gasteiger partial charge in [-0.1, -0.05) is 20.8 Å². The van der Waals surface area contributed by atoms with Gasteiger partial charge in [-0.05, 0) is 45.0 Å². The Morgan fingerprint density at radius 3 is 2.44 bits per heavy atom. The summed E-state index contributed by atoms with van der Waals surface area (Å²) < 4.78 is 5.84. The lowest BCUT2D eigenvalue weighted by Crippen LogP contribution is -2.29. The van der Waals surface area contributed by atoms with E-state index in [2.05, 4.69) is 50.2 Å². The van der Waals surface area contributed by atoms with Gasteiger partial charge in [0.05, 0.1) is 13.1 Å². The van der Waals surface area contributed by atoms with Crippen molar-refractivity contribution in [3.63, 3.8) is 0 Å². The van der Waals surface area contributed by atoms with Gasteiger partial charge in [0.25, 0.3) is 0 Å². The van der Waals surface area contributed by atoms with E-state index in [1.54, 1.807) is 0 Å². The molecule has 1 N–H and O–H groups in total. The molecule has 0 amide bonds. The highest BCUT2D eigenvalue weighted by molar-refractivity contribution is 5.07. The molecule has 0 aliphatic carbocycles. The van der Waals surface area contributed by atoms with Crippen molar-refractivity contribution in [3.8, 4) is 0 Å². The van der Waals surface area contributed by atoms with E-state index < -0.39 is 0 Å². The van der Waals surface area contributed by atoms with Gasteiger partial charge in [0.2, 0.25) is 0 Å². The van der Waals surface area contributed by atoms with E-state index in [9.17, 15) is 0 Å². The van der Waals surface area contributed by atoms with Gasteiger partial charge in [0.1, 0.15) is 11.5 Å². The molecule has 0 spiro atoms. The second kappa shape index (κ2) is 8.33. The van der Waals surface area contributed by atoms with Crippen molar-refractivity contribution in [2.45, 2.75) is 59.2 Å². The van der Waals surface area contributed by atoms with Crippen molar-refractivity contribution < 1.29 is 4.42 Å². The zero-order valence-corrected chi connectivity index (χ0v) is 12.3. The number of nitrogens with one attached hydrogen (secondary N) is 1. The number of hydrogen-bond donors (Lipinski definition) is 1. The van der Waals surface area contributed by atoms with Crippen LogP contribution in [-0.4, -0.2) is 24.5 Å². The van der Waals surface area contributed by atoms with Gasteiger partial charge in [-0.25, -0.2) is 0 Å². The summed E-state index contributed by atoms with van der Waals surface area (Å²) >= 11 is 0. The van der Waals surface area contributed by atoms with Crippen molar-refractivity contribution in [2.75, 3.05) is 13.6 Å². The minimum absolute atomic E-state index is 0.650. The summed E-state index contributed by atoms with van der Waals surface area (Å²) in [6, 6.07) is 4.83. The molecule has 0 fully saturated rings. The Kier molecular flexibility index (Phi) is 7.06. The summed E-state index contributed by atoms with van der Waals surface area (Å²) in [6.07, 6.45) is 3.54. The molecule has 0 bridgehead atoms. The fourth-order valence-electron chi connectivity index (χ4n) is 2.28. The molecule has 1 heterocycles. The smallest absolute Gasteiger partial charge is 0.118 e. The molecule has 1 aromatic heterocycles. The van der Waals surface area contributed by atoms with Crippen molar-refractivity contribution in [1.29, 1.82) is 0 Å². The molecular weight excluding hydrogens is 224 g/mol. The Balaban J connectivity index is 2.42. The first-order valence-electron chi connectivity index (χ1n) is 7.19. The lowest BCUT2D eigenvalue weighted by atomic mass is 10.1. The highest BCUT2D eigenvalue weighted by Gasteiger charge is 2.12. The van der Waals surface area contributed by atoms with E-state index in [1.165, 1.54) is 12.8 Å². The Hall–Kier alpha value is -0.800. The maximum atomic E-state index is 5.84. The average molecular weight is 252 g/mol. The average Bonchev–Trinajstić information content (AvgIpc) is 2.79. The molecule has 104 valence electrons. The zero-order valence-electron chi connectivity index (χ0n) is 12.3. The maximum absolute atomic E-state index is 5.84. The molecule has 0 radical (unpaired) electrons. The van der Waals surface area contributed by atoms with Crippen LogP contribution in [0.5, 0.6) is 0 Å². The van der Waals surface area contributed by atoms with Crippen molar-refractivity contribution in [2.24, 2.45) is 0 Å². The van der Waals surface area contributed by atoms with Crippen molar-refractivity contribution >= 4 is 0 Å². The van der Waals surface area contributed by atoms with Crippen LogP contribution < -0.4 is 5.32 Å². The molecular formula is C15H28N2O. The van der Waals surface area contributed by atoms with Gasteiger partial charge in [0.15, 0.2) is 0 Å². The quantitative estimate of drug-likeness (QED) is 0.683. The molecule has 0 atom stereocenters. The lowest BCUT2D eigenvalue weighted by molar-refractivity contribution is 0.204. The van der Waals surface area contributed by atoms with E-state index in [4.69, 9.17) is 4.42 Å². The van der Waals surface area contributed by atoms with Gasteiger partial charge in [-0.3, -0.25) is 4.90 Å². The molecule has 0 unspecified atom stereocenters. The Bertz CT molecular complexity index is 318. The molecule has 0 saturated carbocycles. The van der Waals surface area contributed by atoms with E-state index >= 15 is 0 Å². The standard InChI is InChI=1S/C15H28N2O/c1-5-10-16-11-14-8-9-15(18-14)12-17(4)13(6-2)7-3/h8-9,13,16H,5-7,10-12H2,1-4H3. The van der Waals surface area contributed by atoms with Crippen LogP contribution in [-0.2, 0) is 13.1 Å². The SMILES string of the molecule is CCCNCc1ccc(CN(C)C(CC)CC)o1. The predicted molar refractivity (Wildman–Crippen MR) is 76.5 cm³/mol. The molecule has 0 aliphatic rings. The van der Waals surface area contributed by atoms with Crippen LogP contribution >= 0.6 is 0 Å². The van der Waals surface area contributed by atoms with Crippen LogP contribution in [0.25, 0.3) is 0 Å². The minimum atomic E-state index is 0.650. The zero-order chi connectivity index (χ0) is 13.4. The first kappa shape index (κ1) is 15.3. The molecule has 1 rings (SSSR count). The highest BCUT2D eigenvalue weighted by Crippen LogP contribution is 2.14. The molecule has 0 aromatic carbocycles. The summed E-state index contributed by atoms with van der Waals surface area (Å²) in [5.74, 6) is 2.11. The number of furan rings is 1. The van der Waals surface area contributed by atoms with Gasteiger partial charge in [-0.2, -0.15) is 0 Å².